The van der Waals surface area contributed by atoms with Crippen LogP contribution in [0.4, 0.5) is 4.39 Å². The van der Waals surface area contributed by atoms with Gasteiger partial charge in [-0.25, -0.2) is 4.39 Å². The summed E-state index contributed by atoms with van der Waals surface area (Å²) < 4.78 is 15.4. The van der Waals surface area contributed by atoms with Crippen LogP contribution in [0, 0.1) is 5.82 Å². The zero-order valence-electron chi connectivity index (χ0n) is 11.0. The molecule has 2 aromatic rings. The van der Waals surface area contributed by atoms with Crippen molar-refractivity contribution in [2.75, 3.05) is 0 Å². The van der Waals surface area contributed by atoms with Gasteiger partial charge in [-0.3, -0.25) is 9.48 Å². The van der Waals surface area contributed by atoms with E-state index >= 15 is 0 Å². The summed E-state index contributed by atoms with van der Waals surface area (Å²) in [4.78, 5) is 12.3. The quantitative estimate of drug-likeness (QED) is 0.787. The molecule has 0 saturated carbocycles. The fourth-order valence-corrected chi connectivity index (χ4v) is 2.37. The highest BCUT2D eigenvalue weighted by atomic mass is 35.5. The lowest BCUT2D eigenvalue weighted by Gasteiger charge is -2.11. The number of benzene rings is 1. The van der Waals surface area contributed by atoms with Crippen LogP contribution in [-0.2, 0) is 6.42 Å². The number of nitrogens with zero attached hydrogens (tertiary/aromatic N) is 2. The normalized spacial score (nSPS) is 11.1. The third-order valence-corrected chi connectivity index (χ3v) is 3.46. The number of carbonyl (C=O) groups excluding carboxylic acids is 1. The summed E-state index contributed by atoms with van der Waals surface area (Å²) in [7, 11) is 0. The maximum absolute atomic E-state index is 13.8. The van der Waals surface area contributed by atoms with Gasteiger partial charge in [-0.05, 0) is 25.5 Å². The summed E-state index contributed by atoms with van der Waals surface area (Å²) in [6.07, 6.45) is 1.31. The topological polar surface area (TPSA) is 34.9 Å². The van der Waals surface area contributed by atoms with Crippen molar-refractivity contribution in [3.8, 4) is 0 Å². The first-order valence-electron chi connectivity index (χ1n) is 6.11. The summed E-state index contributed by atoms with van der Waals surface area (Å²) in [5.74, 6) is -0.864. The molecule has 0 aliphatic heterocycles. The Labute approximate surface area is 126 Å². The van der Waals surface area contributed by atoms with Crippen molar-refractivity contribution in [3.05, 3.63) is 51.5 Å². The molecule has 0 atom stereocenters. The monoisotopic (exact) mass is 314 g/mol. The van der Waals surface area contributed by atoms with Crippen molar-refractivity contribution < 1.29 is 9.18 Å². The highest BCUT2D eigenvalue weighted by Gasteiger charge is 2.21. The van der Waals surface area contributed by atoms with E-state index in [1.165, 1.54) is 23.0 Å². The lowest BCUT2D eigenvalue weighted by atomic mass is 10.1. The van der Waals surface area contributed by atoms with Crippen molar-refractivity contribution in [2.24, 2.45) is 0 Å². The minimum atomic E-state index is -0.575. The Morgan fingerprint density at radius 3 is 2.70 bits per heavy atom. The molecule has 0 spiro atoms. The van der Waals surface area contributed by atoms with E-state index in [1.54, 1.807) is 6.07 Å². The minimum Gasteiger partial charge on any atom is -0.292 e. The van der Waals surface area contributed by atoms with Crippen LogP contribution >= 0.6 is 23.2 Å². The van der Waals surface area contributed by atoms with Gasteiger partial charge in [-0.15, -0.1) is 0 Å². The molecule has 0 radical (unpaired) electrons. The van der Waals surface area contributed by atoms with Crippen molar-refractivity contribution in [1.82, 2.24) is 9.78 Å². The Morgan fingerprint density at radius 2 is 2.05 bits per heavy atom. The predicted octanol–water partition coefficient (Wildman–Crippen LogP) is 4.34. The van der Waals surface area contributed by atoms with Crippen LogP contribution in [0.15, 0.2) is 24.4 Å². The van der Waals surface area contributed by atoms with Gasteiger partial charge in [0.05, 0.1) is 16.2 Å². The van der Waals surface area contributed by atoms with Gasteiger partial charge in [0.15, 0.2) is 5.78 Å². The minimum absolute atomic E-state index is 0.00114. The molecule has 0 saturated heterocycles. The second-order valence-corrected chi connectivity index (χ2v) is 5.51. The van der Waals surface area contributed by atoms with Crippen molar-refractivity contribution in [3.63, 3.8) is 0 Å². The molecule has 20 heavy (non-hydrogen) atoms. The van der Waals surface area contributed by atoms with E-state index in [0.717, 1.165) is 0 Å². The van der Waals surface area contributed by atoms with Gasteiger partial charge < -0.3 is 0 Å². The van der Waals surface area contributed by atoms with Crippen LogP contribution in [0.25, 0.3) is 0 Å². The van der Waals surface area contributed by atoms with Crippen LogP contribution < -0.4 is 0 Å². The Balaban J connectivity index is 2.34. The predicted molar refractivity (Wildman–Crippen MR) is 77.1 cm³/mol. The summed E-state index contributed by atoms with van der Waals surface area (Å²) >= 11 is 11.7. The molecule has 6 heteroatoms. The Morgan fingerprint density at radius 1 is 1.35 bits per heavy atom. The number of ketones is 1. The van der Waals surface area contributed by atoms with Gasteiger partial charge in [-0.1, -0.05) is 35.3 Å². The number of carbonyl (C=O) groups is 1. The molecule has 0 aliphatic rings. The first kappa shape index (κ1) is 15.0. The van der Waals surface area contributed by atoms with E-state index in [-0.39, 0.29) is 33.9 Å². The maximum atomic E-state index is 13.8. The van der Waals surface area contributed by atoms with Crippen LogP contribution in [0.3, 0.4) is 0 Å². The lowest BCUT2D eigenvalue weighted by Crippen LogP contribution is -2.15. The number of rotatable bonds is 4. The van der Waals surface area contributed by atoms with Gasteiger partial charge in [0, 0.05) is 12.5 Å². The van der Waals surface area contributed by atoms with E-state index < -0.39 is 5.82 Å². The molecule has 1 heterocycles. The van der Waals surface area contributed by atoms with Gasteiger partial charge in [0.25, 0.3) is 0 Å². The molecule has 0 fully saturated rings. The average molecular weight is 315 g/mol. The highest BCUT2D eigenvalue weighted by Crippen LogP contribution is 2.23. The number of hydrogen-bond donors (Lipinski definition) is 0. The molecule has 0 aliphatic carbocycles. The molecular formula is C14H13Cl2FN2O. The molecule has 1 aromatic carbocycles. The van der Waals surface area contributed by atoms with Gasteiger partial charge in [-0.2, -0.15) is 5.10 Å². The fraction of sp³-hybridized carbons (Fsp3) is 0.286. The van der Waals surface area contributed by atoms with Crippen molar-refractivity contribution >= 4 is 29.0 Å². The second kappa shape index (κ2) is 5.94. The maximum Gasteiger partial charge on any atom is 0.186 e. The third kappa shape index (κ3) is 2.86. The van der Waals surface area contributed by atoms with E-state index in [4.69, 9.17) is 23.2 Å². The molecule has 0 bridgehead atoms. The zero-order valence-corrected chi connectivity index (χ0v) is 12.5. The molecule has 0 unspecified atom stereocenters. The summed E-state index contributed by atoms with van der Waals surface area (Å²) in [6, 6.07) is 4.57. The Hall–Kier alpha value is -1.39. The zero-order chi connectivity index (χ0) is 14.9. The largest absolute Gasteiger partial charge is 0.292 e. The number of aromatic nitrogens is 2. The molecule has 106 valence electrons. The molecular weight excluding hydrogens is 302 g/mol. The van der Waals surface area contributed by atoms with Gasteiger partial charge in [0.1, 0.15) is 11.5 Å². The average Bonchev–Trinajstić information content (AvgIpc) is 2.77. The van der Waals surface area contributed by atoms with Gasteiger partial charge >= 0.3 is 0 Å². The number of Topliss-reactive ketones (excluding diaryl/α,β-unsaturated/α-hetero) is 1. The van der Waals surface area contributed by atoms with Crippen LogP contribution in [-0.4, -0.2) is 15.6 Å². The molecule has 3 nitrogen and oxygen atoms in total. The molecule has 0 N–H and O–H groups in total. The van der Waals surface area contributed by atoms with Gasteiger partial charge in [0.2, 0.25) is 0 Å². The molecule has 0 amide bonds. The Bertz CT molecular complexity index is 653. The highest BCUT2D eigenvalue weighted by molar-refractivity contribution is 6.33. The van der Waals surface area contributed by atoms with E-state index in [0.29, 0.717) is 5.69 Å². The molecule has 1 aromatic heterocycles. The summed E-state index contributed by atoms with van der Waals surface area (Å²) in [6.45, 7) is 3.78. The standard InChI is InChI=1S/C14H13Cl2FN2O/c1-8(2)19-14(11(16)7-18-19)12(20)6-9-4-3-5-10(15)13(9)17/h3-5,7-8H,6H2,1-2H3. The first-order valence-corrected chi connectivity index (χ1v) is 6.86. The third-order valence-electron chi connectivity index (χ3n) is 2.89. The van der Waals surface area contributed by atoms with Crippen LogP contribution in [0.5, 0.6) is 0 Å². The van der Waals surface area contributed by atoms with Crippen molar-refractivity contribution in [1.29, 1.82) is 0 Å². The van der Waals surface area contributed by atoms with E-state index in [1.807, 2.05) is 13.8 Å². The van der Waals surface area contributed by atoms with Crippen LogP contribution in [0.1, 0.15) is 35.9 Å². The smallest absolute Gasteiger partial charge is 0.186 e. The Kier molecular flexibility index (Phi) is 4.45. The van der Waals surface area contributed by atoms with E-state index in [2.05, 4.69) is 5.10 Å². The lowest BCUT2D eigenvalue weighted by molar-refractivity contribution is 0.0980. The second-order valence-electron chi connectivity index (χ2n) is 4.69. The van der Waals surface area contributed by atoms with Crippen LogP contribution in [0.2, 0.25) is 10.0 Å². The summed E-state index contributed by atoms with van der Waals surface area (Å²) in [5.41, 5.74) is 0.538. The fourth-order valence-electron chi connectivity index (χ4n) is 1.94. The van der Waals surface area contributed by atoms with Crippen molar-refractivity contribution in [2.45, 2.75) is 26.3 Å². The molecule has 2 rings (SSSR count). The summed E-state index contributed by atoms with van der Waals surface area (Å²) in [5, 5.41) is 4.33. The van der Waals surface area contributed by atoms with E-state index in [9.17, 15) is 9.18 Å². The first-order chi connectivity index (χ1) is 9.41. The number of halogens is 3. The SMILES string of the molecule is CC(C)n1ncc(Cl)c1C(=O)Cc1cccc(Cl)c1F. The number of hydrogen-bond acceptors (Lipinski definition) is 2.